The highest BCUT2D eigenvalue weighted by atomic mass is 19.1. The van der Waals surface area contributed by atoms with Gasteiger partial charge in [0.05, 0.1) is 12.6 Å². The normalized spacial score (nSPS) is 17.8. The molecular formula is C19H20FN3O2. The Bertz CT molecular complexity index is 749. The van der Waals surface area contributed by atoms with Crippen LogP contribution in [0.3, 0.4) is 0 Å². The molecule has 1 unspecified atom stereocenters. The highest BCUT2D eigenvalue weighted by molar-refractivity contribution is 6.06. The van der Waals surface area contributed by atoms with Crippen molar-refractivity contribution >= 4 is 17.5 Å². The van der Waals surface area contributed by atoms with Crippen LogP contribution in [0.4, 0.5) is 10.1 Å². The number of nitrogens with one attached hydrogen (secondary N) is 1. The van der Waals surface area contributed by atoms with Gasteiger partial charge >= 0.3 is 0 Å². The molecule has 1 aliphatic heterocycles. The summed E-state index contributed by atoms with van der Waals surface area (Å²) in [6.45, 7) is 0.363. The number of anilines is 1. The van der Waals surface area contributed by atoms with Crippen molar-refractivity contribution in [1.29, 1.82) is 0 Å². The fourth-order valence-electron chi connectivity index (χ4n) is 2.76. The Hall–Kier alpha value is -2.73. The lowest BCUT2D eigenvalue weighted by molar-refractivity contribution is -0.131. The molecule has 2 aromatic carbocycles. The lowest BCUT2D eigenvalue weighted by Gasteiger charge is -2.39. The molecule has 5 nitrogen and oxygen atoms in total. The van der Waals surface area contributed by atoms with E-state index >= 15 is 0 Å². The van der Waals surface area contributed by atoms with E-state index in [1.54, 1.807) is 0 Å². The summed E-state index contributed by atoms with van der Waals surface area (Å²) < 4.78 is 12.9. The summed E-state index contributed by atoms with van der Waals surface area (Å²) >= 11 is 0. The Morgan fingerprint density at radius 3 is 2.52 bits per heavy atom. The predicted octanol–water partition coefficient (Wildman–Crippen LogP) is 1.62. The maximum atomic E-state index is 12.9. The second kappa shape index (κ2) is 7.44. The number of halogens is 1. The predicted molar refractivity (Wildman–Crippen MR) is 93.4 cm³/mol. The number of nitrogens with zero attached hydrogens (tertiary/aromatic N) is 1. The fourth-order valence-corrected chi connectivity index (χ4v) is 2.76. The first-order chi connectivity index (χ1) is 12.0. The molecule has 25 heavy (non-hydrogen) atoms. The van der Waals surface area contributed by atoms with E-state index in [0.717, 1.165) is 5.56 Å². The molecule has 130 valence electrons. The number of carbonyl (C=O) groups excluding carboxylic acids is 2. The quantitative estimate of drug-likeness (QED) is 0.784. The number of aryl methyl sites for hydroxylation is 1. The van der Waals surface area contributed by atoms with Crippen molar-refractivity contribution in [2.24, 2.45) is 5.73 Å². The molecule has 0 bridgehead atoms. The zero-order chi connectivity index (χ0) is 17.8. The lowest BCUT2D eigenvalue weighted by atomic mass is 10.0. The van der Waals surface area contributed by atoms with Gasteiger partial charge in [-0.15, -0.1) is 0 Å². The molecule has 0 aliphatic carbocycles. The first kappa shape index (κ1) is 17.1. The van der Waals surface area contributed by atoms with Crippen molar-refractivity contribution in [2.75, 3.05) is 11.4 Å². The van der Waals surface area contributed by atoms with E-state index < -0.39 is 12.1 Å². The number of hydrogen-bond donors (Lipinski definition) is 2. The third-order valence-electron chi connectivity index (χ3n) is 4.31. The van der Waals surface area contributed by atoms with Gasteiger partial charge in [0.15, 0.2) is 0 Å². The van der Waals surface area contributed by atoms with Crippen LogP contribution in [0.1, 0.15) is 12.0 Å². The number of β-lactam (4-membered cyclic amide) rings is 1. The Kier molecular flexibility index (Phi) is 5.09. The molecule has 1 aliphatic rings. The van der Waals surface area contributed by atoms with Crippen molar-refractivity contribution in [3.8, 4) is 0 Å². The summed E-state index contributed by atoms with van der Waals surface area (Å²) in [4.78, 5) is 25.8. The molecule has 3 rings (SSSR count). The highest BCUT2D eigenvalue weighted by Crippen LogP contribution is 2.22. The van der Waals surface area contributed by atoms with Crippen molar-refractivity contribution in [2.45, 2.75) is 24.9 Å². The maximum Gasteiger partial charge on any atom is 0.251 e. The van der Waals surface area contributed by atoms with Crippen LogP contribution in [0.5, 0.6) is 0 Å². The average Bonchev–Trinajstić information content (AvgIpc) is 2.64. The molecule has 1 fully saturated rings. The van der Waals surface area contributed by atoms with Crippen molar-refractivity contribution < 1.29 is 14.0 Å². The van der Waals surface area contributed by atoms with Crippen LogP contribution in [0.15, 0.2) is 54.6 Å². The molecule has 1 heterocycles. The van der Waals surface area contributed by atoms with Crippen LogP contribution in [0.25, 0.3) is 0 Å². The van der Waals surface area contributed by atoms with Crippen LogP contribution >= 0.6 is 0 Å². The van der Waals surface area contributed by atoms with Crippen LogP contribution in [0.2, 0.25) is 0 Å². The van der Waals surface area contributed by atoms with Gasteiger partial charge in [-0.3, -0.25) is 9.59 Å². The summed E-state index contributed by atoms with van der Waals surface area (Å²) in [6, 6.07) is 14.2. The molecule has 0 radical (unpaired) electrons. The van der Waals surface area contributed by atoms with E-state index in [0.29, 0.717) is 25.1 Å². The number of nitrogens with two attached hydrogens (primary N) is 1. The van der Waals surface area contributed by atoms with Crippen LogP contribution in [-0.4, -0.2) is 30.4 Å². The SMILES string of the molecule is NC(CCc1ccccc1)C(=O)N[C@@H]1CN(c2ccc(F)cc2)C1=O. The molecule has 0 spiro atoms. The van der Waals surface area contributed by atoms with Crippen LogP contribution < -0.4 is 16.0 Å². The standard InChI is InChI=1S/C19H20FN3O2/c20-14-7-9-15(10-8-14)23-12-17(19(23)25)22-18(24)16(21)11-6-13-4-2-1-3-5-13/h1-5,7-10,16-17H,6,11-12,21H2,(H,22,24)/t16?,17-/m1/s1. The van der Waals surface area contributed by atoms with Gasteiger partial charge in [-0.05, 0) is 42.7 Å². The van der Waals surface area contributed by atoms with Gasteiger partial charge < -0.3 is 16.0 Å². The Morgan fingerprint density at radius 2 is 1.88 bits per heavy atom. The van der Waals surface area contributed by atoms with Crippen LogP contribution in [-0.2, 0) is 16.0 Å². The largest absolute Gasteiger partial charge is 0.341 e. The second-order valence-electron chi connectivity index (χ2n) is 6.12. The minimum atomic E-state index is -0.659. The smallest absolute Gasteiger partial charge is 0.251 e. The van der Waals surface area contributed by atoms with Gasteiger partial charge in [0.2, 0.25) is 5.91 Å². The van der Waals surface area contributed by atoms with Crippen molar-refractivity contribution in [3.63, 3.8) is 0 Å². The number of hydrogen-bond acceptors (Lipinski definition) is 3. The van der Waals surface area contributed by atoms with E-state index in [2.05, 4.69) is 5.32 Å². The summed E-state index contributed by atoms with van der Waals surface area (Å²) in [7, 11) is 0. The second-order valence-corrected chi connectivity index (χ2v) is 6.12. The van der Waals surface area contributed by atoms with Gasteiger partial charge in [0, 0.05) is 5.69 Å². The van der Waals surface area contributed by atoms with Gasteiger partial charge in [-0.25, -0.2) is 4.39 Å². The van der Waals surface area contributed by atoms with E-state index in [1.165, 1.54) is 29.2 Å². The summed E-state index contributed by atoms with van der Waals surface area (Å²) in [5.41, 5.74) is 7.66. The number of carbonyl (C=O) groups is 2. The van der Waals surface area contributed by atoms with Gasteiger partial charge in [0.25, 0.3) is 5.91 Å². The summed E-state index contributed by atoms with van der Waals surface area (Å²) in [5.74, 6) is -0.894. The van der Waals surface area contributed by atoms with E-state index in [4.69, 9.17) is 5.73 Å². The van der Waals surface area contributed by atoms with E-state index in [9.17, 15) is 14.0 Å². The van der Waals surface area contributed by atoms with Gasteiger partial charge in [-0.1, -0.05) is 30.3 Å². The molecule has 1 saturated heterocycles. The number of amides is 2. The zero-order valence-electron chi connectivity index (χ0n) is 13.7. The highest BCUT2D eigenvalue weighted by Gasteiger charge is 2.39. The maximum absolute atomic E-state index is 12.9. The minimum absolute atomic E-state index is 0.213. The Morgan fingerprint density at radius 1 is 1.20 bits per heavy atom. The zero-order valence-corrected chi connectivity index (χ0v) is 13.7. The van der Waals surface area contributed by atoms with E-state index in [-0.39, 0.29) is 17.6 Å². The first-order valence-electron chi connectivity index (χ1n) is 8.21. The molecule has 2 amide bonds. The molecule has 2 atom stereocenters. The minimum Gasteiger partial charge on any atom is -0.341 e. The van der Waals surface area contributed by atoms with Crippen LogP contribution in [0, 0.1) is 5.82 Å². The summed E-state index contributed by atoms with van der Waals surface area (Å²) in [5, 5.41) is 2.68. The lowest BCUT2D eigenvalue weighted by Crippen LogP contribution is -2.65. The number of benzene rings is 2. The Balaban J connectivity index is 1.47. The topological polar surface area (TPSA) is 75.4 Å². The van der Waals surface area contributed by atoms with Gasteiger partial charge in [-0.2, -0.15) is 0 Å². The van der Waals surface area contributed by atoms with Gasteiger partial charge in [0.1, 0.15) is 11.9 Å². The van der Waals surface area contributed by atoms with Crippen molar-refractivity contribution in [1.82, 2.24) is 5.32 Å². The number of rotatable bonds is 6. The Labute approximate surface area is 145 Å². The monoisotopic (exact) mass is 341 g/mol. The van der Waals surface area contributed by atoms with Crippen molar-refractivity contribution in [3.05, 3.63) is 66.0 Å². The fraction of sp³-hybridized carbons (Fsp3) is 0.263. The molecule has 6 heteroatoms. The molecule has 3 N–H and O–H groups in total. The third kappa shape index (κ3) is 4.03. The molecular weight excluding hydrogens is 321 g/mol. The molecule has 0 saturated carbocycles. The first-order valence-corrected chi connectivity index (χ1v) is 8.21. The summed E-state index contributed by atoms with van der Waals surface area (Å²) in [6.07, 6.45) is 1.22. The molecule has 2 aromatic rings. The third-order valence-corrected chi connectivity index (χ3v) is 4.31. The van der Waals surface area contributed by atoms with E-state index in [1.807, 2.05) is 30.3 Å². The average molecular weight is 341 g/mol. The molecule has 0 aromatic heterocycles.